The molecule has 2 aromatic heterocycles. The number of nitrogens with zero attached hydrogens (tertiary/aromatic N) is 3. The molecule has 0 radical (unpaired) electrons. The number of carbonyl (C=O) groups is 2. The molecule has 1 unspecified atom stereocenters. The molecule has 8 heteroatoms. The third-order valence-electron chi connectivity index (χ3n) is 5.14. The van der Waals surface area contributed by atoms with Crippen LogP contribution in [0.3, 0.4) is 0 Å². The van der Waals surface area contributed by atoms with Crippen molar-refractivity contribution >= 4 is 28.2 Å². The topological polar surface area (TPSA) is 73.1 Å². The number of piperidine rings is 1. The third-order valence-corrected chi connectivity index (χ3v) is 5.89. The Kier molecular flexibility index (Phi) is 5.53. The van der Waals surface area contributed by atoms with E-state index in [2.05, 4.69) is 4.98 Å². The lowest BCUT2D eigenvalue weighted by Crippen LogP contribution is -2.43. The van der Waals surface area contributed by atoms with Crippen LogP contribution in [-0.2, 0) is 9.53 Å². The number of hydrogen-bond acceptors (Lipinski definition) is 6. The maximum absolute atomic E-state index is 13.4. The second-order valence-electron chi connectivity index (χ2n) is 6.94. The molecule has 4 rings (SSSR count). The normalized spacial score (nSPS) is 16.8. The van der Waals surface area contributed by atoms with Gasteiger partial charge in [0, 0.05) is 30.2 Å². The van der Waals surface area contributed by atoms with Crippen molar-refractivity contribution in [3.63, 3.8) is 0 Å². The van der Waals surface area contributed by atoms with E-state index in [1.807, 2.05) is 40.2 Å². The van der Waals surface area contributed by atoms with Gasteiger partial charge in [-0.2, -0.15) is 0 Å². The van der Waals surface area contributed by atoms with Crippen LogP contribution in [0.5, 0.6) is 5.75 Å². The molecule has 1 aromatic carbocycles. The summed E-state index contributed by atoms with van der Waals surface area (Å²) < 4.78 is 12.4. The molecule has 0 aliphatic carbocycles. The van der Waals surface area contributed by atoms with Crippen LogP contribution < -0.4 is 4.74 Å². The summed E-state index contributed by atoms with van der Waals surface area (Å²) in [6.07, 6.45) is 3.42. The average Bonchev–Trinajstić information content (AvgIpc) is 3.34. The number of methoxy groups -OCH3 is 1. The molecule has 1 aliphatic rings. The van der Waals surface area contributed by atoms with Crippen molar-refractivity contribution in [3.8, 4) is 17.0 Å². The number of imidazole rings is 1. The van der Waals surface area contributed by atoms with E-state index < -0.39 is 0 Å². The fourth-order valence-corrected chi connectivity index (χ4v) is 4.46. The van der Waals surface area contributed by atoms with Crippen molar-refractivity contribution in [3.05, 3.63) is 41.5 Å². The first kappa shape index (κ1) is 19.4. The van der Waals surface area contributed by atoms with Crippen LogP contribution in [0.15, 0.2) is 35.8 Å². The van der Waals surface area contributed by atoms with Crippen LogP contribution in [0.2, 0.25) is 0 Å². The van der Waals surface area contributed by atoms with E-state index >= 15 is 0 Å². The minimum atomic E-state index is -0.281. The van der Waals surface area contributed by atoms with Gasteiger partial charge in [-0.25, -0.2) is 4.98 Å². The van der Waals surface area contributed by atoms with Gasteiger partial charge in [-0.05, 0) is 31.9 Å². The van der Waals surface area contributed by atoms with E-state index in [4.69, 9.17) is 9.47 Å². The Bertz CT molecular complexity index is 1040. The molecular weight excluding hydrogens is 390 g/mol. The molecule has 1 aliphatic heterocycles. The van der Waals surface area contributed by atoms with Crippen molar-refractivity contribution in [1.82, 2.24) is 14.3 Å². The molecular formula is C21H23N3O4S. The average molecular weight is 413 g/mol. The molecule has 1 fully saturated rings. The maximum Gasteiger partial charge on any atom is 0.310 e. The number of fused-ring (bicyclic) bond motifs is 1. The second-order valence-corrected chi connectivity index (χ2v) is 7.81. The molecule has 29 heavy (non-hydrogen) atoms. The first-order valence-corrected chi connectivity index (χ1v) is 10.6. The highest BCUT2D eigenvalue weighted by atomic mass is 32.1. The Balaban J connectivity index is 1.69. The van der Waals surface area contributed by atoms with E-state index in [1.54, 1.807) is 18.9 Å². The van der Waals surface area contributed by atoms with Gasteiger partial charge in [-0.1, -0.05) is 12.1 Å². The number of carbonyl (C=O) groups excluding carboxylic acids is 2. The molecule has 1 atom stereocenters. The summed E-state index contributed by atoms with van der Waals surface area (Å²) >= 11 is 1.48. The summed E-state index contributed by atoms with van der Waals surface area (Å²) in [4.78, 5) is 32.7. The molecule has 152 valence electrons. The Hall–Kier alpha value is -2.87. The van der Waals surface area contributed by atoms with Gasteiger partial charge >= 0.3 is 5.97 Å². The number of hydrogen-bond donors (Lipinski definition) is 0. The quantitative estimate of drug-likeness (QED) is 0.599. The van der Waals surface area contributed by atoms with Crippen molar-refractivity contribution in [2.75, 3.05) is 26.8 Å². The van der Waals surface area contributed by atoms with E-state index in [1.165, 1.54) is 11.3 Å². The van der Waals surface area contributed by atoms with E-state index in [9.17, 15) is 9.59 Å². The second kappa shape index (κ2) is 8.24. The Morgan fingerprint density at radius 3 is 3.00 bits per heavy atom. The maximum atomic E-state index is 13.4. The lowest BCUT2D eigenvalue weighted by Gasteiger charge is -2.31. The molecule has 1 saturated heterocycles. The van der Waals surface area contributed by atoms with Gasteiger partial charge in [0.1, 0.15) is 5.75 Å². The zero-order valence-electron chi connectivity index (χ0n) is 16.5. The summed E-state index contributed by atoms with van der Waals surface area (Å²) in [7, 11) is 1.62. The van der Waals surface area contributed by atoms with Gasteiger partial charge in [0.25, 0.3) is 5.91 Å². The molecule has 3 aromatic rings. The summed E-state index contributed by atoms with van der Waals surface area (Å²) in [5, 5.41) is 1.94. The van der Waals surface area contributed by atoms with Crippen LogP contribution in [-0.4, -0.2) is 53.0 Å². The Morgan fingerprint density at radius 1 is 1.34 bits per heavy atom. The number of amides is 1. The predicted molar refractivity (Wildman–Crippen MR) is 110 cm³/mol. The van der Waals surface area contributed by atoms with Crippen molar-refractivity contribution in [2.24, 2.45) is 5.92 Å². The van der Waals surface area contributed by atoms with Gasteiger partial charge in [0.05, 0.1) is 25.3 Å². The molecule has 1 amide bonds. The fourth-order valence-electron chi connectivity index (χ4n) is 3.74. The summed E-state index contributed by atoms with van der Waals surface area (Å²) in [5.41, 5.74) is 2.00. The highest BCUT2D eigenvalue weighted by Gasteiger charge is 2.32. The van der Waals surface area contributed by atoms with E-state index in [-0.39, 0.29) is 17.8 Å². The van der Waals surface area contributed by atoms with Gasteiger partial charge in [0.15, 0.2) is 10.7 Å². The van der Waals surface area contributed by atoms with Crippen LogP contribution in [0, 0.1) is 5.92 Å². The number of thiazole rings is 1. The highest BCUT2D eigenvalue weighted by molar-refractivity contribution is 7.15. The minimum Gasteiger partial charge on any atom is -0.497 e. The smallest absolute Gasteiger partial charge is 0.310 e. The summed E-state index contributed by atoms with van der Waals surface area (Å²) in [6.45, 7) is 3.11. The SMILES string of the molecule is CCOC(=O)C1CCCN(C(=O)c2nc3sccn3c2-c2cccc(OC)c2)C1. The number of aromatic nitrogens is 2. The summed E-state index contributed by atoms with van der Waals surface area (Å²) in [6, 6.07) is 7.60. The molecule has 0 bridgehead atoms. The lowest BCUT2D eigenvalue weighted by molar-refractivity contribution is -0.149. The molecule has 0 N–H and O–H groups in total. The molecule has 7 nitrogen and oxygen atoms in total. The number of benzene rings is 1. The van der Waals surface area contributed by atoms with E-state index in [0.29, 0.717) is 31.1 Å². The number of ether oxygens (including phenoxy) is 2. The Labute approximate surface area is 172 Å². The molecule has 0 spiro atoms. The van der Waals surface area contributed by atoms with Crippen LogP contribution in [0.4, 0.5) is 0 Å². The van der Waals surface area contributed by atoms with Crippen LogP contribution in [0.25, 0.3) is 16.2 Å². The number of rotatable bonds is 5. The zero-order chi connectivity index (χ0) is 20.4. The summed E-state index contributed by atoms with van der Waals surface area (Å²) in [5.74, 6) is 0.0413. The van der Waals surface area contributed by atoms with Gasteiger partial charge in [0.2, 0.25) is 0 Å². The predicted octanol–water partition coefficient (Wildman–Crippen LogP) is 3.49. The largest absolute Gasteiger partial charge is 0.497 e. The van der Waals surface area contributed by atoms with Crippen LogP contribution >= 0.6 is 11.3 Å². The first-order valence-electron chi connectivity index (χ1n) is 9.68. The van der Waals surface area contributed by atoms with Gasteiger partial charge in [-0.3, -0.25) is 14.0 Å². The monoisotopic (exact) mass is 413 g/mol. The number of esters is 1. The standard InChI is InChI=1S/C21H23N3O4S/c1-3-28-20(26)15-7-5-9-23(13-15)19(25)17-18(24-10-11-29-21(24)22-17)14-6-4-8-16(12-14)27-2/h4,6,8,10-12,15H,3,5,7,9,13H2,1-2H3. The van der Waals surface area contributed by atoms with Crippen molar-refractivity contribution in [1.29, 1.82) is 0 Å². The van der Waals surface area contributed by atoms with Crippen LogP contribution in [0.1, 0.15) is 30.3 Å². The molecule has 3 heterocycles. The Morgan fingerprint density at radius 2 is 2.21 bits per heavy atom. The fraction of sp³-hybridized carbons (Fsp3) is 0.381. The minimum absolute atomic E-state index is 0.160. The highest BCUT2D eigenvalue weighted by Crippen LogP contribution is 2.31. The van der Waals surface area contributed by atoms with Crippen molar-refractivity contribution in [2.45, 2.75) is 19.8 Å². The van der Waals surface area contributed by atoms with E-state index in [0.717, 1.165) is 29.1 Å². The first-order chi connectivity index (χ1) is 14.1. The van der Waals surface area contributed by atoms with Crippen molar-refractivity contribution < 1.29 is 19.1 Å². The molecule has 0 saturated carbocycles. The third kappa shape index (κ3) is 3.72. The number of likely N-dealkylation sites (tertiary alicyclic amines) is 1. The zero-order valence-corrected chi connectivity index (χ0v) is 17.3. The van der Waals surface area contributed by atoms with Gasteiger partial charge in [-0.15, -0.1) is 11.3 Å². The lowest BCUT2D eigenvalue weighted by atomic mass is 9.97. The van der Waals surface area contributed by atoms with Gasteiger partial charge < -0.3 is 14.4 Å².